The van der Waals surface area contributed by atoms with E-state index in [0.29, 0.717) is 17.1 Å². The Balaban J connectivity index is 1.35. The average molecular weight is 376 g/mol. The number of aromatic nitrogens is 4. The highest BCUT2D eigenvalue weighted by atomic mass is 16.2. The SMILES string of the molecule is O=C(Cn1nnc(-c2ccccc2)n1)Nc1ccc(C(=O)N2CCCC2)cc1. The molecule has 3 aromatic rings. The van der Waals surface area contributed by atoms with E-state index in [4.69, 9.17) is 0 Å². The molecule has 2 amide bonds. The van der Waals surface area contributed by atoms with Crippen LogP contribution in [-0.4, -0.2) is 50.0 Å². The molecule has 8 heteroatoms. The lowest BCUT2D eigenvalue weighted by atomic mass is 10.2. The van der Waals surface area contributed by atoms with E-state index in [0.717, 1.165) is 31.5 Å². The largest absolute Gasteiger partial charge is 0.339 e. The molecule has 1 aliphatic heterocycles. The lowest BCUT2D eigenvalue weighted by molar-refractivity contribution is -0.117. The van der Waals surface area contributed by atoms with E-state index in [9.17, 15) is 9.59 Å². The van der Waals surface area contributed by atoms with Crippen molar-refractivity contribution in [1.29, 1.82) is 0 Å². The summed E-state index contributed by atoms with van der Waals surface area (Å²) in [6, 6.07) is 16.4. The minimum absolute atomic E-state index is 0.0376. The number of rotatable bonds is 5. The summed E-state index contributed by atoms with van der Waals surface area (Å²) >= 11 is 0. The summed E-state index contributed by atoms with van der Waals surface area (Å²) < 4.78 is 0. The van der Waals surface area contributed by atoms with Crippen LogP contribution in [0.25, 0.3) is 11.4 Å². The van der Waals surface area contributed by atoms with Crippen LogP contribution in [0.15, 0.2) is 54.6 Å². The van der Waals surface area contributed by atoms with Gasteiger partial charge < -0.3 is 10.2 Å². The van der Waals surface area contributed by atoms with Crippen LogP contribution in [0.3, 0.4) is 0 Å². The molecule has 1 aromatic heterocycles. The summed E-state index contributed by atoms with van der Waals surface area (Å²) in [7, 11) is 0. The maximum absolute atomic E-state index is 12.4. The number of nitrogens with one attached hydrogen (secondary N) is 1. The first-order valence-corrected chi connectivity index (χ1v) is 9.21. The highest BCUT2D eigenvalue weighted by molar-refractivity contribution is 5.95. The zero-order valence-corrected chi connectivity index (χ0v) is 15.3. The molecule has 142 valence electrons. The fourth-order valence-corrected chi connectivity index (χ4v) is 3.14. The van der Waals surface area contributed by atoms with Gasteiger partial charge in [-0.15, -0.1) is 10.2 Å². The Labute approximate surface area is 162 Å². The zero-order chi connectivity index (χ0) is 19.3. The molecule has 0 bridgehead atoms. The number of likely N-dealkylation sites (tertiary alicyclic amines) is 1. The molecule has 4 rings (SSSR count). The fraction of sp³-hybridized carbons (Fsp3) is 0.250. The lowest BCUT2D eigenvalue weighted by Gasteiger charge is -2.15. The Morgan fingerprint density at radius 2 is 1.68 bits per heavy atom. The molecule has 0 radical (unpaired) electrons. The van der Waals surface area contributed by atoms with Crippen LogP contribution in [-0.2, 0) is 11.3 Å². The molecule has 0 unspecified atom stereocenters. The summed E-state index contributed by atoms with van der Waals surface area (Å²) in [4.78, 5) is 27.7. The van der Waals surface area contributed by atoms with Gasteiger partial charge in [-0.2, -0.15) is 4.80 Å². The molecule has 0 atom stereocenters. The van der Waals surface area contributed by atoms with Crippen LogP contribution in [0, 0.1) is 0 Å². The van der Waals surface area contributed by atoms with Crippen molar-refractivity contribution in [3.8, 4) is 11.4 Å². The topological polar surface area (TPSA) is 93.0 Å². The standard InChI is InChI=1S/C20H20N6O2/c27-18(14-26-23-19(22-24-26)15-6-2-1-3-7-15)21-17-10-8-16(9-11-17)20(28)25-12-4-5-13-25/h1-3,6-11H,4-5,12-14H2,(H,21,27). The second kappa shape index (κ2) is 7.99. The molecule has 28 heavy (non-hydrogen) atoms. The highest BCUT2D eigenvalue weighted by Crippen LogP contribution is 2.16. The Kier molecular flexibility index (Phi) is 5.09. The van der Waals surface area contributed by atoms with Gasteiger partial charge in [-0.05, 0) is 42.3 Å². The normalized spacial score (nSPS) is 13.5. The summed E-state index contributed by atoms with van der Waals surface area (Å²) in [5, 5.41) is 14.9. The zero-order valence-electron chi connectivity index (χ0n) is 15.3. The van der Waals surface area contributed by atoms with Crippen LogP contribution in [0.4, 0.5) is 5.69 Å². The molecule has 2 aromatic carbocycles. The first-order valence-electron chi connectivity index (χ1n) is 9.21. The van der Waals surface area contributed by atoms with Crippen molar-refractivity contribution in [2.45, 2.75) is 19.4 Å². The minimum Gasteiger partial charge on any atom is -0.339 e. The van der Waals surface area contributed by atoms with Gasteiger partial charge in [-0.1, -0.05) is 30.3 Å². The molecule has 2 heterocycles. The Bertz CT molecular complexity index is 962. The molecular formula is C20H20N6O2. The van der Waals surface area contributed by atoms with Gasteiger partial charge in [-0.3, -0.25) is 9.59 Å². The number of hydrogen-bond donors (Lipinski definition) is 1. The summed E-state index contributed by atoms with van der Waals surface area (Å²) in [5.41, 5.74) is 2.09. The number of benzene rings is 2. The number of amides is 2. The van der Waals surface area contributed by atoms with Gasteiger partial charge in [0, 0.05) is 29.9 Å². The van der Waals surface area contributed by atoms with Gasteiger partial charge in [0.15, 0.2) is 0 Å². The Morgan fingerprint density at radius 1 is 0.964 bits per heavy atom. The Hall–Kier alpha value is -3.55. The number of hydrogen-bond acceptors (Lipinski definition) is 5. The maximum Gasteiger partial charge on any atom is 0.253 e. The number of carbonyl (C=O) groups excluding carboxylic acids is 2. The average Bonchev–Trinajstić information content (AvgIpc) is 3.41. The van der Waals surface area contributed by atoms with E-state index in [-0.39, 0.29) is 18.4 Å². The summed E-state index contributed by atoms with van der Waals surface area (Å²) in [6.07, 6.45) is 2.12. The van der Waals surface area contributed by atoms with Crippen LogP contribution < -0.4 is 5.32 Å². The van der Waals surface area contributed by atoms with E-state index < -0.39 is 0 Å². The van der Waals surface area contributed by atoms with Crippen molar-refractivity contribution in [3.05, 3.63) is 60.2 Å². The van der Waals surface area contributed by atoms with Crippen LogP contribution in [0.5, 0.6) is 0 Å². The third-order valence-electron chi connectivity index (χ3n) is 4.58. The number of anilines is 1. The molecule has 1 saturated heterocycles. The molecule has 0 saturated carbocycles. The molecule has 1 N–H and O–H groups in total. The van der Waals surface area contributed by atoms with Crippen molar-refractivity contribution in [3.63, 3.8) is 0 Å². The van der Waals surface area contributed by atoms with Gasteiger partial charge in [-0.25, -0.2) is 0 Å². The quantitative estimate of drug-likeness (QED) is 0.737. The van der Waals surface area contributed by atoms with Gasteiger partial charge in [0.25, 0.3) is 5.91 Å². The second-order valence-corrected chi connectivity index (χ2v) is 6.63. The van der Waals surface area contributed by atoms with E-state index in [2.05, 4.69) is 20.7 Å². The fourth-order valence-electron chi connectivity index (χ4n) is 3.14. The minimum atomic E-state index is -0.268. The van der Waals surface area contributed by atoms with Crippen LogP contribution in [0.1, 0.15) is 23.2 Å². The van der Waals surface area contributed by atoms with E-state index in [1.807, 2.05) is 35.2 Å². The number of carbonyl (C=O) groups is 2. The van der Waals surface area contributed by atoms with Crippen LogP contribution in [0.2, 0.25) is 0 Å². The molecule has 0 spiro atoms. The van der Waals surface area contributed by atoms with Crippen molar-refractivity contribution in [1.82, 2.24) is 25.1 Å². The monoisotopic (exact) mass is 376 g/mol. The van der Waals surface area contributed by atoms with Gasteiger partial charge in [0.1, 0.15) is 6.54 Å². The smallest absolute Gasteiger partial charge is 0.253 e. The molecule has 1 aliphatic rings. The molecule has 0 aliphatic carbocycles. The molecule has 1 fully saturated rings. The predicted molar refractivity (Wildman–Crippen MR) is 103 cm³/mol. The highest BCUT2D eigenvalue weighted by Gasteiger charge is 2.19. The van der Waals surface area contributed by atoms with Gasteiger partial charge >= 0.3 is 0 Å². The number of nitrogens with zero attached hydrogens (tertiary/aromatic N) is 5. The Morgan fingerprint density at radius 3 is 2.39 bits per heavy atom. The first-order chi connectivity index (χ1) is 13.7. The predicted octanol–water partition coefficient (Wildman–Crippen LogP) is 2.21. The number of tetrazole rings is 1. The van der Waals surface area contributed by atoms with Crippen molar-refractivity contribution in [2.75, 3.05) is 18.4 Å². The van der Waals surface area contributed by atoms with Crippen molar-refractivity contribution >= 4 is 17.5 Å². The van der Waals surface area contributed by atoms with Crippen molar-refractivity contribution in [2.24, 2.45) is 0 Å². The summed E-state index contributed by atoms with van der Waals surface area (Å²) in [6.45, 7) is 1.58. The van der Waals surface area contributed by atoms with E-state index in [1.54, 1.807) is 24.3 Å². The molecule has 8 nitrogen and oxygen atoms in total. The third kappa shape index (κ3) is 4.06. The summed E-state index contributed by atoms with van der Waals surface area (Å²) in [5.74, 6) is 0.240. The third-order valence-corrected chi connectivity index (χ3v) is 4.58. The van der Waals surface area contributed by atoms with E-state index in [1.165, 1.54) is 4.80 Å². The second-order valence-electron chi connectivity index (χ2n) is 6.63. The maximum atomic E-state index is 12.4. The lowest BCUT2D eigenvalue weighted by Crippen LogP contribution is -2.27. The van der Waals surface area contributed by atoms with Crippen molar-refractivity contribution < 1.29 is 9.59 Å². The molecular weight excluding hydrogens is 356 g/mol. The van der Waals surface area contributed by atoms with Crippen LogP contribution >= 0.6 is 0 Å². The van der Waals surface area contributed by atoms with Gasteiger partial charge in [0.2, 0.25) is 11.7 Å². The van der Waals surface area contributed by atoms with Gasteiger partial charge in [0.05, 0.1) is 0 Å². The first kappa shape index (κ1) is 17.8. The van der Waals surface area contributed by atoms with E-state index >= 15 is 0 Å².